The van der Waals surface area contributed by atoms with Crippen molar-refractivity contribution in [2.24, 2.45) is 5.73 Å². The molecule has 0 bridgehead atoms. The standard InChI is InChI=1S/C10H10ClN.C10H13NO/c1-2-3-10(12)8-4-6-9(11)7-5-8;1-3-11-10-6-4-9(5-7-10)8(2)12/h2-7H,1,12H2;4-7,11H,3H2,1-2H3/b10-3-;. The molecule has 0 radical (unpaired) electrons. The lowest BCUT2D eigenvalue weighted by Gasteiger charge is -2.02. The Bertz CT molecular complexity index is 689. The van der Waals surface area contributed by atoms with Crippen LogP contribution in [0.15, 0.2) is 67.3 Å². The van der Waals surface area contributed by atoms with Gasteiger partial charge in [0.2, 0.25) is 0 Å². The van der Waals surface area contributed by atoms with E-state index in [1.807, 2.05) is 43.3 Å². The maximum absolute atomic E-state index is 10.9. The van der Waals surface area contributed by atoms with Gasteiger partial charge in [-0.15, -0.1) is 0 Å². The second-order valence-corrected chi connectivity index (χ2v) is 5.46. The molecule has 2 aromatic carbocycles. The van der Waals surface area contributed by atoms with Crippen molar-refractivity contribution in [3.63, 3.8) is 0 Å². The maximum atomic E-state index is 10.9. The van der Waals surface area contributed by atoms with Crippen molar-refractivity contribution in [3.05, 3.63) is 83.4 Å². The van der Waals surface area contributed by atoms with Crippen LogP contribution in [0.5, 0.6) is 0 Å². The minimum Gasteiger partial charge on any atom is -0.398 e. The van der Waals surface area contributed by atoms with Gasteiger partial charge in [0.25, 0.3) is 0 Å². The van der Waals surface area contributed by atoms with E-state index in [9.17, 15) is 4.79 Å². The first-order chi connectivity index (χ1) is 11.5. The molecule has 0 aliphatic carbocycles. The van der Waals surface area contributed by atoms with Crippen LogP contribution >= 0.6 is 11.6 Å². The summed E-state index contributed by atoms with van der Waals surface area (Å²) in [6.07, 6.45) is 3.41. The fourth-order valence-electron chi connectivity index (χ4n) is 1.89. The zero-order valence-electron chi connectivity index (χ0n) is 14.1. The van der Waals surface area contributed by atoms with E-state index in [4.69, 9.17) is 17.3 Å². The van der Waals surface area contributed by atoms with Gasteiger partial charge < -0.3 is 11.1 Å². The van der Waals surface area contributed by atoms with Crippen molar-refractivity contribution in [2.45, 2.75) is 13.8 Å². The molecule has 3 nitrogen and oxygen atoms in total. The highest BCUT2D eigenvalue weighted by molar-refractivity contribution is 6.30. The lowest BCUT2D eigenvalue weighted by Crippen LogP contribution is -1.97. The van der Waals surface area contributed by atoms with Crippen molar-refractivity contribution in [1.29, 1.82) is 0 Å². The number of nitrogens with one attached hydrogen (secondary N) is 1. The Kier molecular flexibility index (Phi) is 8.37. The van der Waals surface area contributed by atoms with E-state index in [0.29, 0.717) is 10.7 Å². The zero-order valence-corrected chi connectivity index (χ0v) is 14.8. The summed E-state index contributed by atoms with van der Waals surface area (Å²) < 4.78 is 0. The van der Waals surface area contributed by atoms with Crippen LogP contribution in [0, 0.1) is 0 Å². The van der Waals surface area contributed by atoms with Crippen molar-refractivity contribution in [3.8, 4) is 0 Å². The van der Waals surface area contributed by atoms with Gasteiger partial charge in [0.15, 0.2) is 5.78 Å². The topological polar surface area (TPSA) is 55.1 Å². The summed E-state index contributed by atoms with van der Waals surface area (Å²) in [5, 5.41) is 3.88. The molecule has 0 heterocycles. The fraction of sp³-hybridized carbons (Fsp3) is 0.150. The number of carbonyl (C=O) groups is 1. The lowest BCUT2D eigenvalue weighted by atomic mass is 10.1. The van der Waals surface area contributed by atoms with Crippen molar-refractivity contribution >= 4 is 28.8 Å². The molecule has 0 amide bonds. The second kappa shape index (κ2) is 10.3. The molecule has 0 aliphatic heterocycles. The van der Waals surface area contributed by atoms with Crippen LogP contribution in [0.1, 0.15) is 29.8 Å². The van der Waals surface area contributed by atoms with Gasteiger partial charge in [-0.05, 0) is 61.9 Å². The van der Waals surface area contributed by atoms with E-state index < -0.39 is 0 Å². The smallest absolute Gasteiger partial charge is 0.159 e. The number of Topliss-reactive ketones (excluding diaryl/α,β-unsaturated/α-hetero) is 1. The Morgan fingerprint density at radius 1 is 1.12 bits per heavy atom. The quantitative estimate of drug-likeness (QED) is 0.583. The summed E-state index contributed by atoms with van der Waals surface area (Å²) in [6.45, 7) is 8.08. The number of allylic oxidation sites excluding steroid dienone is 2. The number of hydrogen-bond acceptors (Lipinski definition) is 3. The van der Waals surface area contributed by atoms with Gasteiger partial charge in [-0.2, -0.15) is 0 Å². The molecule has 0 spiro atoms. The van der Waals surface area contributed by atoms with E-state index in [2.05, 4.69) is 11.9 Å². The van der Waals surface area contributed by atoms with Crippen LogP contribution in [0.25, 0.3) is 5.70 Å². The van der Waals surface area contributed by atoms with Gasteiger partial charge in [-0.25, -0.2) is 0 Å². The van der Waals surface area contributed by atoms with Crippen molar-refractivity contribution < 1.29 is 4.79 Å². The molecule has 2 rings (SSSR count). The molecule has 2 aromatic rings. The molecule has 3 N–H and O–H groups in total. The predicted octanol–water partition coefficient (Wildman–Crippen LogP) is 5.15. The normalized spacial score (nSPS) is 10.4. The number of benzene rings is 2. The largest absolute Gasteiger partial charge is 0.398 e. The number of nitrogens with two attached hydrogens (primary N) is 1. The van der Waals surface area contributed by atoms with E-state index >= 15 is 0 Å². The first-order valence-electron chi connectivity index (χ1n) is 7.67. The molecular weight excluding hydrogens is 320 g/mol. The lowest BCUT2D eigenvalue weighted by molar-refractivity contribution is 0.101. The molecule has 24 heavy (non-hydrogen) atoms. The number of carbonyl (C=O) groups excluding carboxylic acids is 1. The Balaban J connectivity index is 0.000000240. The van der Waals surface area contributed by atoms with Crippen LogP contribution < -0.4 is 11.1 Å². The van der Waals surface area contributed by atoms with Crippen LogP contribution in [-0.4, -0.2) is 12.3 Å². The molecule has 0 fully saturated rings. The number of hydrogen-bond donors (Lipinski definition) is 2. The van der Waals surface area contributed by atoms with E-state index in [1.165, 1.54) is 0 Å². The molecule has 126 valence electrons. The third-order valence-corrected chi connectivity index (χ3v) is 3.40. The highest BCUT2D eigenvalue weighted by Gasteiger charge is 1.97. The Labute approximate surface area is 148 Å². The van der Waals surface area contributed by atoms with Crippen LogP contribution in [0.4, 0.5) is 5.69 Å². The number of halogens is 1. The van der Waals surface area contributed by atoms with E-state index in [0.717, 1.165) is 23.4 Å². The predicted molar refractivity (Wildman–Crippen MR) is 104 cm³/mol. The second-order valence-electron chi connectivity index (χ2n) is 5.03. The molecule has 4 heteroatoms. The molecule has 0 saturated carbocycles. The third kappa shape index (κ3) is 6.71. The molecule has 0 unspecified atom stereocenters. The molecule has 0 atom stereocenters. The first-order valence-corrected chi connectivity index (χ1v) is 8.04. The van der Waals surface area contributed by atoms with Gasteiger partial charge in [0.05, 0.1) is 0 Å². The SMILES string of the molecule is C=C/C=C(\N)c1ccc(Cl)cc1.CCNc1ccc(C(C)=O)cc1. The maximum Gasteiger partial charge on any atom is 0.159 e. The Hall–Kier alpha value is -2.52. The van der Waals surface area contributed by atoms with Gasteiger partial charge in [-0.1, -0.05) is 36.4 Å². The van der Waals surface area contributed by atoms with E-state index in [1.54, 1.807) is 31.2 Å². The highest BCUT2D eigenvalue weighted by Crippen LogP contribution is 2.13. The molecular formula is C20H23ClN2O. The van der Waals surface area contributed by atoms with Crippen molar-refractivity contribution in [2.75, 3.05) is 11.9 Å². The highest BCUT2D eigenvalue weighted by atomic mass is 35.5. The zero-order chi connectivity index (χ0) is 17.9. The van der Waals surface area contributed by atoms with Crippen LogP contribution in [0.2, 0.25) is 5.02 Å². The summed E-state index contributed by atoms with van der Waals surface area (Å²) in [6, 6.07) is 14.9. The summed E-state index contributed by atoms with van der Waals surface area (Å²) >= 11 is 5.71. The fourth-order valence-corrected chi connectivity index (χ4v) is 2.02. The minimum absolute atomic E-state index is 0.109. The first kappa shape index (κ1) is 19.5. The van der Waals surface area contributed by atoms with Crippen LogP contribution in [0.3, 0.4) is 0 Å². The number of ketones is 1. The van der Waals surface area contributed by atoms with Crippen LogP contribution in [-0.2, 0) is 0 Å². The molecule has 0 saturated heterocycles. The average molecular weight is 343 g/mol. The van der Waals surface area contributed by atoms with E-state index in [-0.39, 0.29) is 5.78 Å². The van der Waals surface area contributed by atoms with Gasteiger partial charge in [-0.3, -0.25) is 4.79 Å². The Morgan fingerprint density at radius 3 is 2.12 bits per heavy atom. The Morgan fingerprint density at radius 2 is 1.67 bits per heavy atom. The summed E-state index contributed by atoms with van der Waals surface area (Å²) in [5.74, 6) is 0.109. The monoisotopic (exact) mass is 342 g/mol. The van der Waals surface area contributed by atoms with Crippen molar-refractivity contribution in [1.82, 2.24) is 0 Å². The third-order valence-electron chi connectivity index (χ3n) is 3.15. The van der Waals surface area contributed by atoms with Gasteiger partial charge in [0.1, 0.15) is 0 Å². The summed E-state index contributed by atoms with van der Waals surface area (Å²) in [7, 11) is 0. The molecule has 0 aliphatic rings. The minimum atomic E-state index is 0.109. The van der Waals surface area contributed by atoms with Gasteiger partial charge >= 0.3 is 0 Å². The average Bonchev–Trinajstić information content (AvgIpc) is 2.57. The summed E-state index contributed by atoms with van der Waals surface area (Å²) in [5.41, 5.74) is 9.17. The number of rotatable bonds is 5. The molecule has 0 aromatic heterocycles. The summed E-state index contributed by atoms with van der Waals surface area (Å²) in [4.78, 5) is 10.9. The van der Waals surface area contributed by atoms with Gasteiger partial charge in [0, 0.05) is 28.5 Å². The number of anilines is 1.